The lowest BCUT2D eigenvalue weighted by molar-refractivity contribution is -0.179. The van der Waals surface area contributed by atoms with Crippen LogP contribution in [0.2, 0.25) is 0 Å². The van der Waals surface area contributed by atoms with Crippen LogP contribution in [-0.2, 0) is 32.3 Å². The van der Waals surface area contributed by atoms with Gasteiger partial charge in [0.2, 0.25) is 0 Å². The molecule has 8 nitrogen and oxygen atoms in total. The molecule has 0 bridgehead atoms. The number of carbonyl (C=O) groups is 2. The van der Waals surface area contributed by atoms with Crippen LogP contribution in [0.5, 0.6) is 5.75 Å². The summed E-state index contributed by atoms with van der Waals surface area (Å²) in [6, 6.07) is 29.7. The molecular formula is C36H39NO7. The highest BCUT2D eigenvalue weighted by atomic mass is 16.8. The van der Waals surface area contributed by atoms with E-state index in [1.807, 2.05) is 66.7 Å². The van der Waals surface area contributed by atoms with Crippen molar-refractivity contribution in [3.8, 4) is 5.75 Å². The molecule has 4 aromatic rings. The molecule has 1 saturated heterocycles. The lowest BCUT2D eigenvalue weighted by Crippen LogP contribution is -2.45. The average molecular weight is 598 g/mol. The lowest BCUT2D eigenvalue weighted by atomic mass is 9.86. The summed E-state index contributed by atoms with van der Waals surface area (Å²) in [6.07, 6.45) is -0.460. The van der Waals surface area contributed by atoms with E-state index in [9.17, 15) is 9.59 Å². The molecule has 0 N–H and O–H groups in total. The number of piperidine rings is 1. The Morgan fingerprint density at radius 3 is 2.41 bits per heavy atom. The minimum atomic E-state index is -0.753. The number of fused-ring (bicyclic) bond motifs is 1. The highest BCUT2D eigenvalue weighted by Gasteiger charge is 2.34. The molecule has 0 aromatic heterocycles. The summed E-state index contributed by atoms with van der Waals surface area (Å²) >= 11 is 0. The largest absolute Gasteiger partial charge is 0.528 e. The average Bonchev–Trinajstić information content (AvgIpc) is 3.02. The second-order valence-electron chi connectivity index (χ2n) is 11.9. The maximum Gasteiger partial charge on any atom is 0.528 e. The van der Waals surface area contributed by atoms with E-state index in [-0.39, 0.29) is 12.0 Å². The van der Waals surface area contributed by atoms with E-state index < -0.39 is 17.7 Å². The van der Waals surface area contributed by atoms with E-state index in [0.29, 0.717) is 38.3 Å². The van der Waals surface area contributed by atoms with Gasteiger partial charge in [0.15, 0.2) is 0 Å². The number of esters is 1. The smallest absolute Gasteiger partial charge is 0.488 e. The van der Waals surface area contributed by atoms with E-state index >= 15 is 0 Å². The molecular weight excluding hydrogens is 558 g/mol. The predicted molar refractivity (Wildman–Crippen MR) is 167 cm³/mol. The number of hydrogen-bond donors (Lipinski definition) is 0. The van der Waals surface area contributed by atoms with E-state index in [1.54, 1.807) is 31.9 Å². The quantitative estimate of drug-likeness (QED) is 0.184. The number of nitrogens with zero attached hydrogens (tertiary/aromatic N) is 1. The van der Waals surface area contributed by atoms with Gasteiger partial charge in [-0.3, -0.25) is 0 Å². The van der Waals surface area contributed by atoms with Gasteiger partial charge >= 0.3 is 12.1 Å². The third-order valence-corrected chi connectivity index (χ3v) is 7.44. The predicted octanol–water partition coefficient (Wildman–Crippen LogP) is 7.45. The van der Waals surface area contributed by atoms with Crippen molar-refractivity contribution in [2.45, 2.75) is 58.0 Å². The van der Waals surface area contributed by atoms with Crippen molar-refractivity contribution in [2.24, 2.45) is 0 Å². The van der Waals surface area contributed by atoms with Crippen molar-refractivity contribution in [1.82, 2.24) is 5.06 Å². The summed E-state index contributed by atoms with van der Waals surface area (Å²) in [6.45, 7) is 6.96. The molecule has 5 rings (SSSR count). The van der Waals surface area contributed by atoms with Gasteiger partial charge in [-0.1, -0.05) is 66.7 Å². The molecule has 230 valence electrons. The van der Waals surface area contributed by atoms with Crippen LogP contribution in [0, 0.1) is 0 Å². The van der Waals surface area contributed by atoms with Crippen LogP contribution in [0.15, 0.2) is 91.0 Å². The normalized spacial score (nSPS) is 17.2. The fourth-order valence-electron chi connectivity index (χ4n) is 5.39. The van der Waals surface area contributed by atoms with Gasteiger partial charge < -0.3 is 23.8 Å². The first-order valence-corrected chi connectivity index (χ1v) is 14.8. The van der Waals surface area contributed by atoms with Crippen LogP contribution in [0.1, 0.15) is 60.2 Å². The summed E-state index contributed by atoms with van der Waals surface area (Å²) in [5.41, 5.74) is 2.81. The zero-order chi connectivity index (χ0) is 31.1. The molecule has 0 amide bonds. The Morgan fingerprint density at radius 1 is 0.864 bits per heavy atom. The first kappa shape index (κ1) is 31.0. The van der Waals surface area contributed by atoms with Gasteiger partial charge in [0.25, 0.3) is 0 Å². The topological polar surface area (TPSA) is 83.5 Å². The zero-order valence-corrected chi connectivity index (χ0v) is 25.7. The molecule has 2 unspecified atom stereocenters. The van der Waals surface area contributed by atoms with Gasteiger partial charge in [0.05, 0.1) is 31.9 Å². The van der Waals surface area contributed by atoms with Gasteiger partial charge in [-0.15, -0.1) is 5.06 Å². The van der Waals surface area contributed by atoms with Crippen molar-refractivity contribution >= 4 is 22.9 Å². The SMILES string of the molecule is COC(=O)c1cccc(C2CCN(OC(=O)OC(C)(C)C)CC2OCc2cc(OCc3ccccc3)c3ccccc3c2)c1. The Morgan fingerprint density at radius 2 is 1.64 bits per heavy atom. The van der Waals surface area contributed by atoms with Crippen LogP contribution < -0.4 is 4.74 Å². The van der Waals surface area contributed by atoms with Crippen LogP contribution >= 0.6 is 0 Å². The summed E-state index contributed by atoms with van der Waals surface area (Å²) in [5, 5.41) is 3.67. The minimum absolute atomic E-state index is 0.0487. The first-order chi connectivity index (χ1) is 21.2. The van der Waals surface area contributed by atoms with E-state index in [2.05, 4.69) is 18.2 Å². The summed E-state index contributed by atoms with van der Waals surface area (Å²) in [4.78, 5) is 30.3. The van der Waals surface area contributed by atoms with E-state index in [0.717, 1.165) is 33.2 Å². The maximum atomic E-state index is 12.5. The Bertz CT molecular complexity index is 1580. The highest BCUT2D eigenvalue weighted by molar-refractivity contribution is 5.90. The third-order valence-electron chi connectivity index (χ3n) is 7.44. The Balaban J connectivity index is 1.37. The minimum Gasteiger partial charge on any atom is -0.488 e. The van der Waals surface area contributed by atoms with Gasteiger partial charge in [0, 0.05) is 17.8 Å². The first-order valence-electron chi connectivity index (χ1n) is 14.8. The summed E-state index contributed by atoms with van der Waals surface area (Å²) in [5.74, 6) is 0.341. The van der Waals surface area contributed by atoms with E-state index in [4.69, 9.17) is 23.8 Å². The summed E-state index contributed by atoms with van der Waals surface area (Å²) < 4.78 is 23.2. The third kappa shape index (κ3) is 8.15. The molecule has 0 spiro atoms. The second-order valence-corrected chi connectivity index (χ2v) is 11.9. The van der Waals surface area contributed by atoms with Gasteiger partial charge in [-0.2, -0.15) is 0 Å². The van der Waals surface area contributed by atoms with Crippen LogP contribution in [0.3, 0.4) is 0 Å². The van der Waals surface area contributed by atoms with Crippen molar-refractivity contribution in [1.29, 1.82) is 0 Å². The molecule has 0 radical (unpaired) electrons. The molecule has 1 aliphatic heterocycles. The molecule has 8 heteroatoms. The standard InChI is InChI=1S/C36H39NO7/c1-36(2,3)43-35(39)44-37-18-17-31(28-14-10-15-29(21-28)34(38)40-4)33(22-37)42-24-26-19-27-13-8-9-16-30(27)32(20-26)41-23-25-11-6-5-7-12-25/h5-16,19-21,31,33H,17-18,22-24H2,1-4H3. The van der Waals surface area contributed by atoms with Gasteiger partial charge in [-0.25, -0.2) is 9.59 Å². The maximum absolute atomic E-state index is 12.5. The molecule has 1 aliphatic rings. The number of carbonyl (C=O) groups excluding carboxylic acids is 2. The molecule has 1 fully saturated rings. The monoisotopic (exact) mass is 597 g/mol. The van der Waals surface area contributed by atoms with E-state index in [1.165, 1.54) is 7.11 Å². The molecule has 44 heavy (non-hydrogen) atoms. The van der Waals surface area contributed by atoms with Gasteiger partial charge in [0.1, 0.15) is 18.0 Å². The van der Waals surface area contributed by atoms with Crippen LogP contribution in [0.4, 0.5) is 4.79 Å². The highest BCUT2D eigenvalue weighted by Crippen LogP contribution is 2.34. The number of rotatable bonds is 9. The fraction of sp³-hybridized carbons (Fsp3) is 0.333. The van der Waals surface area contributed by atoms with Crippen LogP contribution in [-0.4, -0.2) is 49.1 Å². The van der Waals surface area contributed by atoms with Crippen molar-refractivity contribution < 1.29 is 33.4 Å². The zero-order valence-electron chi connectivity index (χ0n) is 25.7. The molecule has 2 atom stereocenters. The molecule has 0 saturated carbocycles. The Labute approximate surface area is 258 Å². The molecule has 4 aromatic carbocycles. The van der Waals surface area contributed by atoms with Crippen molar-refractivity contribution in [3.05, 3.63) is 113 Å². The number of hydroxylamine groups is 2. The number of benzene rings is 4. The van der Waals surface area contributed by atoms with Gasteiger partial charge in [-0.05, 0) is 73.5 Å². The van der Waals surface area contributed by atoms with Crippen LogP contribution in [0.25, 0.3) is 10.8 Å². The second kappa shape index (κ2) is 13.9. The number of methoxy groups -OCH3 is 1. The molecule has 0 aliphatic carbocycles. The van der Waals surface area contributed by atoms with Crippen molar-refractivity contribution in [3.63, 3.8) is 0 Å². The Kier molecular flexibility index (Phi) is 9.82. The number of ether oxygens (including phenoxy) is 4. The number of hydrogen-bond acceptors (Lipinski definition) is 8. The van der Waals surface area contributed by atoms with Crippen molar-refractivity contribution in [2.75, 3.05) is 20.2 Å². The molecule has 1 heterocycles. The summed E-state index contributed by atoms with van der Waals surface area (Å²) in [7, 11) is 1.37. The fourth-order valence-corrected chi connectivity index (χ4v) is 5.39. The lowest BCUT2D eigenvalue weighted by Gasteiger charge is -2.37. The Hall–Kier alpha value is -4.40.